The Balaban J connectivity index is 1.84. The predicted octanol–water partition coefficient (Wildman–Crippen LogP) is 3.04. The van der Waals surface area contributed by atoms with Gasteiger partial charge in [0.05, 0.1) is 17.3 Å². The van der Waals surface area contributed by atoms with Crippen molar-refractivity contribution < 1.29 is 9.59 Å². The highest BCUT2D eigenvalue weighted by Crippen LogP contribution is 2.31. The van der Waals surface area contributed by atoms with Gasteiger partial charge in [-0.15, -0.1) is 0 Å². The second-order valence-corrected chi connectivity index (χ2v) is 8.73. The van der Waals surface area contributed by atoms with E-state index in [4.69, 9.17) is 5.73 Å². The van der Waals surface area contributed by atoms with Crippen LogP contribution in [0.5, 0.6) is 0 Å². The number of rotatable bonds is 5. The number of allylic oxidation sites excluding steroid dienone is 1. The van der Waals surface area contributed by atoms with Gasteiger partial charge in [-0.1, -0.05) is 50.7 Å². The van der Waals surface area contributed by atoms with Crippen LogP contribution >= 0.6 is 11.8 Å². The minimum absolute atomic E-state index is 0.0447. The van der Waals surface area contributed by atoms with Crippen LogP contribution in [0.4, 0.5) is 17.6 Å². The quantitative estimate of drug-likeness (QED) is 0.720. The molecule has 0 saturated carbocycles. The third-order valence-electron chi connectivity index (χ3n) is 4.29. The number of carbonyl (C=O) groups excluding carboxylic acids is 2. The number of nitrogens with one attached hydrogen (secondary N) is 1. The Labute approximate surface area is 174 Å². The van der Waals surface area contributed by atoms with Gasteiger partial charge in [0.1, 0.15) is 0 Å². The maximum Gasteiger partial charge on any atom is 0.238 e. The molecule has 1 aromatic heterocycles. The maximum absolute atomic E-state index is 12.4. The number of para-hydroxylation sites is 1. The van der Waals surface area contributed by atoms with E-state index in [0.29, 0.717) is 16.8 Å². The zero-order chi connectivity index (χ0) is 21.2. The largest absolute Gasteiger partial charge is 0.368 e. The molecule has 0 radical (unpaired) electrons. The number of nitrogens with two attached hydrogens (primary N) is 1. The number of aryl methyl sites for hydroxylation is 1. The number of hydrogen-bond donors (Lipinski definition) is 2. The van der Waals surface area contributed by atoms with Gasteiger partial charge in [-0.25, -0.2) is 0 Å². The highest BCUT2D eigenvalue weighted by atomic mass is 32.2. The molecule has 0 spiro atoms. The van der Waals surface area contributed by atoms with Crippen molar-refractivity contribution in [3.8, 4) is 0 Å². The standard InChI is InChI=1S/C20H24N6O2S/c1-12-7-5-6-8-13(12)22-19-24-15(23-18(21)25-19)10-26-16(28)11-29-17(26)9-14(27)20(2,3)4/h5-9H,10-11H2,1-4H3,(H3,21,22,23,24,25)/b17-9+. The first-order valence-electron chi connectivity index (χ1n) is 9.16. The number of carbonyl (C=O) groups is 2. The second kappa shape index (κ2) is 8.20. The van der Waals surface area contributed by atoms with E-state index in [-0.39, 0.29) is 29.9 Å². The predicted molar refractivity (Wildman–Crippen MR) is 114 cm³/mol. The summed E-state index contributed by atoms with van der Waals surface area (Å²) >= 11 is 1.33. The zero-order valence-electron chi connectivity index (χ0n) is 16.9. The number of anilines is 3. The number of thioether (sulfide) groups is 1. The van der Waals surface area contributed by atoms with E-state index in [1.165, 1.54) is 22.7 Å². The van der Waals surface area contributed by atoms with E-state index in [2.05, 4.69) is 20.3 Å². The Hall–Kier alpha value is -2.94. The summed E-state index contributed by atoms with van der Waals surface area (Å²) in [6, 6.07) is 7.73. The normalized spacial score (nSPS) is 15.8. The molecule has 0 aliphatic carbocycles. The fourth-order valence-corrected chi connectivity index (χ4v) is 3.51. The second-order valence-electron chi connectivity index (χ2n) is 7.74. The summed E-state index contributed by atoms with van der Waals surface area (Å²) < 4.78 is 0. The molecule has 1 fully saturated rings. The summed E-state index contributed by atoms with van der Waals surface area (Å²) in [5, 5.41) is 3.73. The molecular weight excluding hydrogens is 388 g/mol. The Morgan fingerprint density at radius 3 is 2.69 bits per heavy atom. The van der Waals surface area contributed by atoms with Crippen LogP contribution in [0, 0.1) is 12.3 Å². The van der Waals surface area contributed by atoms with Crippen molar-refractivity contribution in [2.45, 2.75) is 34.2 Å². The summed E-state index contributed by atoms with van der Waals surface area (Å²) in [5.41, 5.74) is 7.22. The maximum atomic E-state index is 12.4. The van der Waals surface area contributed by atoms with Crippen molar-refractivity contribution in [3.63, 3.8) is 0 Å². The fraction of sp³-hybridized carbons (Fsp3) is 0.350. The molecule has 1 saturated heterocycles. The molecule has 0 unspecified atom stereocenters. The average molecular weight is 413 g/mol. The number of amides is 1. The van der Waals surface area contributed by atoms with Crippen LogP contribution in [-0.2, 0) is 16.1 Å². The van der Waals surface area contributed by atoms with E-state index in [1.807, 2.05) is 52.0 Å². The lowest BCUT2D eigenvalue weighted by molar-refractivity contribution is -0.126. The van der Waals surface area contributed by atoms with Crippen LogP contribution < -0.4 is 11.1 Å². The van der Waals surface area contributed by atoms with Crippen molar-refractivity contribution in [2.24, 2.45) is 5.41 Å². The topological polar surface area (TPSA) is 114 Å². The Morgan fingerprint density at radius 2 is 2.00 bits per heavy atom. The molecule has 3 rings (SSSR count). The van der Waals surface area contributed by atoms with E-state index in [0.717, 1.165) is 11.3 Å². The fourth-order valence-electron chi connectivity index (χ4n) is 2.57. The molecule has 0 atom stereocenters. The Kier molecular flexibility index (Phi) is 5.88. The SMILES string of the molecule is Cc1ccccc1Nc1nc(N)nc(CN2C(=O)CS/C2=C/C(=O)C(C)(C)C)n1. The van der Waals surface area contributed by atoms with Crippen LogP contribution in [0.2, 0.25) is 0 Å². The molecule has 1 aliphatic rings. The lowest BCUT2D eigenvalue weighted by atomic mass is 9.91. The summed E-state index contributed by atoms with van der Waals surface area (Å²) in [6.07, 6.45) is 1.52. The highest BCUT2D eigenvalue weighted by Gasteiger charge is 2.30. The molecule has 1 amide bonds. The molecule has 2 aromatic rings. The van der Waals surface area contributed by atoms with Gasteiger partial charge in [0.2, 0.25) is 17.8 Å². The monoisotopic (exact) mass is 412 g/mol. The summed E-state index contributed by atoms with van der Waals surface area (Å²) in [4.78, 5) is 38.9. The molecule has 8 nitrogen and oxygen atoms in total. The van der Waals surface area contributed by atoms with Crippen LogP contribution in [0.25, 0.3) is 0 Å². The van der Waals surface area contributed by atoms with Crippen LogP contribution in [0.1, 0.15) is 32.2 Å². The highest BCUT2D eigenvalue weighted by molar-refractivity contribution is 8.04. The van der Waals surface area contributed by atoms with Gasteiger partial charge in [0, 0.05) is 17.2 Å². The molecule has 1 aliphatic heterocycles. The van der Waals surface area contributed by atoms with Gasteiger partial charge in [-0.05, 0) is 18.6 Å². The van der Waals surface area contributed by atoms with Crippen molar-refractivity contribution in [1.82, 2.24) is 19.9 Å². The van der Waals surface area contributed by atoms with E-state index >= 15 is 0 Å². The van der Waals surface area contributed by atoms with Crippen LogP contribution in [0.15, 0.2) is 35.4 Å². The number of aromatic nitrogens is 3. The van der Waals surface area contributed by atoms with Crippen molar-refractivity contribution in [2.75, 3.05) is 16.8 Å². The van der Waals surface area contributed by atoms with Crippen LogP contribution in [0.3, 0.4) is 0 Å². The number of benzene rings is 1. The summed E-state index contributed by atoms with van der Waals surface area (Å²) in [6.45, 7) is 7.61. The van der Waals surface area contributed by atoms with Gasteiger partial charge >= 0.3 is 0 Å². The first kappa shape index (κ1) is 20.8. The van der Waals surface area contributed by atoms with Crippen molar-refractivity contribution in [1.29, 1.82) is 0 Å². The minimum Gasteiger partial charge on any atom is -0.368 e. The first-order valence-corrected chi connectivity index (χ1v) is 10.1. The lowest BCUT2D eigenvalue weighted by Gasteiger charge is -2.19. The lowest BCUT2D eigenvalue weighted by Crippen LogP contribution is -2.27. The molecule has 9 heteroatoms. The smallest absolute Gasteiger partial charge is 0.238 e. The molecular formula is C20H24N6O2S. The number of nitrogens with zero attached hydrogens (tertiary/aromatic N) is 4. The Bertz CT molecular complexity index is 983. The van der Waals surface area contributed by atoms with Gasteiger partial charge < -0.3 is 11.1 Å². The van der Waals surface area contributed by atoms with Gasteiger partial charge in [0.15, 0.2) is 11.6 Å². The van der Waals surface area contributed by atoms with Crippen molar-refractivity contribution in [3.05, 3.63) is 46.8 Å². The van der Waals surface area contributed by atoms with Gasteiger partial charge in [-0.2, -0.15) is 15.0 Å². The van der Waals surface area contributed by atoms with E-state index in [1.54, 1.807) is 0 Å². The zero-order valence-corrected chi connectivity index (χ0v) is 17.7. The third kappa shape index (κ3) is 5.11. The van der Waals surface area contributed by atoms with E-state index < -0.39 is 5.41 Å². The molecule has 0 bridgehead atoms. The molecule has 29 heavy (non-hydrogen) atoms. The summed E-state index contributed by atoms with van der Waals surface area (Å²) in [7, 11) is 0. The molecule has 2 heterocycles. The first-order chi connectivity index (χ1) is 13.6. The average Bonchev–Trinajstić information content (AvgIpc) is 2.96. The number of nitrogen functional groups attached to an aromatic ring is 1. The minimum atomic E-state index is -0.521. The number of ketones is 1. The van der Waals surface area contributed by atoms with Gasteiger partial charge in [-0.3, -0.25) is 14.5 Å². The molecule has 3 N–H and O–H groups in total. The number of hydrogen-bond acceptors (Lipinski definition) is 8. The van der Waals surface area contributed by atoms with Gasteiger partial charge in [0.25, 0.3) is 0 Å². The summed E-state index contributed by atoms with van der Waals surface area (Å²) in [5.74, 6) is 0.836. The van der Waals surface area contributed by atoms with E-state index in [9.17, 15) is 9.59 Å². The third-order valence-corrected chi connectivity index (χ3v) is 5.32. The van der Waals surface area contributed by atoms with Crippen molar-refractivity contribution >= 4 is 41.0 Å². The molecule has 152 valence electrons. The Morgan fingerprint density at radius 1 is 1.28 bits per heavy atom. The van der Waals surface area contributed by atoms with Crippen LogP contribution in [-0.4, -0.2) is 37.3 Å². The molecule has 1 aromatic carbocycles.